The highest BCUT2D eigenvalue weighted by Crippen LogP contribution is 2.17. The van der Waals surface area contributed by atoms with E-state index in [1.54, 1.807) is 0 Å². The summed E-state index contributed by atoms with van der Waals surface area (Å²) in [5.74, 6) is -0.0994. The first-order chi connectivity index (χ1) is 7.33. The van der Waals surface area contributed by atoms with Gasteiger partial charge in [-0.25, -0.2) is 0 Å². The van der Waals surface area contributed by atoms with Crippen LogP contribution in [0.2, 0.25) is 0 Å². The number of rotatable bonds is 5. The molecule has 0 aromatic rings. The van der Waals surface area contributed by atoms with Crippen molar-refractivity contribution in [3.05, 3.63) is 0 Å². The summed E-state index contributed by atoms with van der Waals surface area (Å²) < 4.78 is 4.60. The lowest BCUT2D eigenvalue weighted by Gasteiger charge is -2.15. The molecular formula is C12H23NO2. The van der Waals surface area contributed by atoms with E-state index in [1.165, 1.54) is 45.6 Å². The Bertz CT molecular complexity index is 174. The largest absolute Gasteiger partial charge is 0.469 e. The highest BCUT2D eigenvalue weighted by Gasteiger charge is 2.10. The Morgan fingerprint density at radius 2 is 1.93 bits per heavy atom. The van der Waals surface area contributed by atoms with Crippen LogP contribution in [-0.4, -0.2) is 25.7 Å². The Kier molecular flexibility index (Phi) is 6.41. The molecule has 0 spiro atoms. The summed E-state index contributed by atoms with van der Waals surface area (Å²) in [7, 11) is 1.45. The number of esters is 1. The minimum absolute atomic E-state index is 0.0994. The van der Waals surface area contributed by atoms with E-state index in [9.17, 15) is 4.79 Å². The SMILES string of the molecule is COC(=O)CCCNC1CCCCCC1. The molecule has 1 aliphatic carbocycles. The average Bonchev–Trinajstić information content (AvgIpc) is 2.52. The number of methoxy groups -OCH3 is 1. The number of hydrogen-bond acceptors (Lipinski definition) is 3. The first-order valence-electron chi connectivity index (χ1n) is 6.13. The zero-order valence-corrected chi connectivity index (χ0v) is 9.76. The predicted molar refractivity (Wildman–Crippen MR) is 60.7 cm³/mol. The van der Waals surface area contributed by atoms with Gasteiger partial charge in [-0.15, -0.1) is 0 Å². The Balaban J connectivity index is 2.00. The van der Waals surface area contributed by atoms with Crippen LogP contribution in [0.5, 0.6) is 0 Å². The number of nitrogens with one attached hydrogen (secondary N) is 1. The fraction of sp³-hybridized carbons (Fsp3) is 0.917. The van der Waals surface area contributed by atoms with Gasteiger partial charge in [0, 0.05) is 12.5 Å². The molecule has 0 radical (unpaired) electrons. The van der Waals surface area contributed by atoms with Crippen LogP contribution in [0.3, 0.4) is 0 Å². The lowest BCUT2D eigenvalue weighted by molar-refractivity contribution is -0.140. The molecule has 15 heavy (non-hydrogen) atoms. The lowest BCUT2D eigenvalue weighted by atomic mass is 10.1. The van der Waals surface area contributed by atoms with Gasteiger partial charge in [0.15, 0.2) is 0 Å². The van der Waals surface area contributed by atoms with E-state index in [4.69, 9.17) is 0 Å². The van der Waals surface area contributed by atoms with Crippen molar-refractivity contribution in [1.29, 1.82) is 0 Å². The van der Waals surface area contributed by atoms with Crippen molar-refractivity contribution >= 4 is 5.97 Å². The molecule has 3 heteroatoms. The third kappa shape index (κ3) is 5.78. The van der Waals surface area contributed by atoms with E-state index >= 15 is 0 Å². The Morgan fingerprint density at radius 3 is 2.53 bits per heavy atom. The average molecular weight is 213 g/mol. The van der Waals surface area contributed by atoms with Crippen LogP contribution in [0.4, 0.5) is 0 Å². The Hall–Kier alpha value is -0.570. The second-order valence-corrected chi connectivity index (χ2v) is 4.32. The van der Waals surface area contributed by atoms with E-state index in [0.29, 0.717) is 12.5 Å². The first kappa shape index (κ1) is 12.5. The normalized spacial score (nSPS) is 18.5. The predicted octanol–water partition coefficient (Wildman–Crippen LogP) is 2.25. The first-order valence-corrected chi connectivity index (χ1v) is 6.13. The van der Waals surface area contributed by atoms with Gasteiger partial charge in [-0.05, 0) is 25.8 Å². The number of carbonyl (C=O) groups is 1. The number of ether oxygens (including phenoxy) is 1. The third-order valence-corrected chi connectivity index (χ3v) is 3.07. The molecule has 0 amide bonds. The van der Waals surface area contributed by atoms with E-state index in [-0.39, 0.29) is 5.97 Å². The molecule has 0 heterocycles. The van der Waals surface area contributed by atoms with Crippen molar-refractivity contribution < 1.29 is 9.53 Å². The van der Waals surface area contributed by atoms with Gasteiger partial charge in [0.2, 0.25) is 0 Å². The number of hydrogen-bond donors (Lipinski definition) is 1. The topological polar surface area (TPSA) is 38.3 Å². The molecule has 1 fully saturated rings. The molecule has 0 aromatic carbocycles. The number of carbonyl (C=O) groups excluding carboxylic acids is 1. The summed E-state index contributed by atoms with van der Waals surface area (Å²) in [5.41, 5.74) is 0. The minimum atomic E-state index is -0.0994. The molecule has 1 aliphatic rings. The van der Waals surface area contributed by atoms with Gasteiger partial charge in [-0.2, -0.15) is 0 Å². The van der Waals surface area contributed by atoms with Crippen LogP contribution >= 0.6 is 0 Å². The van der Waals surface area contributed by atoms with Crippen LogP contribution in [0.15, 0.2) is 0 Å². The van der Waals surface area contributed by atoms with Crippen LogP contribution in [0.25, 0.3) is 0 Å². The zero-order chi connectivity index (χ0) is 10.9. The van der Waals surface area contributed by atoms with Crippen molar-refractivity contribution in [3.63, 3.8) is 0 Å². The molecule has 88 valence electrons. The maximum absolute atomic E-state index is 10.9. The summed E-state index contributed by atoms with van der Waals surface area (Å²) in [6.07, 6.45) is 9.53. The highest BCUT2D eigenvalue weighted by atomic mass is 16.5. The van der Waals surface area contributed by atoms with Gasteiger partial charge in [0.05, 0.1) is 7.11 Å². The lowest BCUT2D eigenvalue weighted by Crippen LogP contribution is -2.29. The van der Waals surface area contributed by atoms with Crippen LogP contribution < -0.4 is 5.32 Å². The highest BCUT2D eigenvalue weighted by molar-refractivity contribution is 5.69. The standard InChI is InChI=1S/C12H23NO2/c1-15-12(14)9-6-10-13-11-7-4-2-3-5-8-11/h11,13H,2-10H2,1H3. The molecule has 0 saturated heterocycles. The third-order valence-electron chi connectivity index (χ3n) is 3.07. The minimum Gasteiger partial charge on any atom is -0.469 e. The molecule has 0 aliphatic heterocycles. The van der Waals surface area contributed by atoms with Crippen molar-refractivity contribution in [1.82, 2.24) is 5.32 Å². The van der Waals surface area contributed by atoms with Gasteiger partial charge in [-0.1, -0.05) is 25.7 Å². The molecule has 0 unspecified atom stereocenters. The van der Waals surface area contributed by atoms with Crippen molar-refractivity contribution in [3.8, 4) is 0 Å². The van der Waals surface area contributed by atoms with Crippen molar-refractivity contribution in [2.75, 3.05) is 13.7 Å². The second kappa shape index (κ2) is 7.69. The quantitative estimate of drug-likeness (QED) is 0.432. The zero-order valence-electron chi connectivity index (χ0n) is 9.76. The summed E-state index contributed by atoms with van der Waals surface area (Å²) in [5, 5.41) is 3.53. The molecule has 1 rings (SSSR count). The Labute approximate surface area is 92.6 Å². The van der Waals surface area contributed by atoms with Gasteiger partial charge in [-0.3, -0.25) is 4.79 Å². The molecule has 0 atom stereocenters. The fourth-order valence-electron chi connectivity index (χ4n) is 2.12. The van der Waals surface area contributed by atoms with E-state index < -0.39 is 0 Å². The van der Waals surface area contributed by atoms with E-state index in [1.807, 2.05) is 0 Å². The summed E-state index contributed by atoms with van der Waals surface area (Å²) in [6.45, 7) is 0.944. The summed E-state index contributed by atoms with van der Waals surface area (Å²) >= 11 is 0. The van der Waals surface area contributed by atoms with Crippen LogP contribution in [-0.2, 0) is 9.53 Å². The maximum atomic E-state index is 10.9. The van der Waals surface area contributed by atoms with Crippen molar-refractivity contribution in [2.24, 2.45) is 0 Å². The molecule has 0 aromatic heterocycles. The van der Waals surface area contributed by atoms with Gasteiger partial charge in [0.25, 0.3) is 0 Å². The molecule has 1 saturated carbocycles. The van der Waals surface area contributed by atoms with Gasteiger partial charge in [0.1, 0.15) is 0 Å². The van der Waals surface area contributed by atoms with Gasteiger partial charge < -0.3 is 10.1 Å². The molecular weight excluding hydrogens is 190 g/mol. The maximum Gasteiger partial charge on any atom is 0.305 e. The van der Waals surface area contributed by atoms with Crippen LogP contribution in [0, 0.1) is 0 Å². The summed E-state index contributed by atoms with van der Waals surface area (Å²) in [4.78, 5) is 10.9. The van der Waals surface area contributed by atoms with Crippen molar-refractivity contribution in [2.45, 2.75) is 57.4 Å². The van der Waals surface area contributed by atoms with Crippen LogP contribution in [0.1, 0.15) is 51.4 Å². The molecule has 1 N–H and O–H groups in total. The molecule has 3 nitrogen and oxygen atoms in total. The molecule has 0 bridgehead atoms. The van der Waals surface area contributed by atoms with E-state index in [2.05, 4.69) is 10.1 Å². The van der Waals surface area contributed by atoms with Gasteiger partial charge >= 0.3 is 5.97 Å². The second-order valence-electron chi connectivity index (χ2n) is 4.32. The fourth-order valence-corrected chi connectivity index (χ4v) is 2.12. The summed E-state index contributed by atoms with van der Waals surface area (Å²) in [6, 6.07) is 0.685. The monoisotopic (exact) mass is 213 g/mol. The van der Waals surface area contributed by atoms with E-state index in [0.717, 1.165) is 13.0 Å². The smallest absolute Gasteiger partial charge is 0.305 e. The Morgan fingerprint density at radius 1 is 1.27 bits per heavy atom.